The fourth-order valence-electron chi connectivity index (χ4n) is 5.73. The number of hydrogen-bond donors (Lipinski definition) is 0. The molecule has 0 N–H and O–H groups in total. The smallest absolute Gasteiger partial charge is 0.000959 e. The Labute approximate surface area is 282 Å². The maximum absolute atomic E-state index is 2.42. The zero-order valence-electron chi connectivity index (χ0n) is 28.5. The summed E-state index contributed by atoms with van der Waals surface area (Å²) in [6, 6.07) is 0. The monoisotopic (exact) mass is 631 g/mol. The molecule has 44 heavy (non-hydrogen) atoms. The van der Waals surface area contributed by atoms with Crippen molar-refractivity contribution in [2.45, 2.75) is 132 Å². The molecule has 0 aromatic carbocycles. The van der Waals surface area contributed by atoms with Crippen molar-refractivity contribution in [2.75, 3.05) is 121 Å². The first-order valence-electron chi connectivity index (χ1n) is 17.5. The lowest BCUT2D eigenvalue weighted by atomic mass is 10.1. The van der Waals surface area contributed by atoms with E-state index >= 15 is 0 Å². The van der Waals surface area contributed by atoms with E-state index in [2.05, 4.69) is 71.7 Å². The summed E-state index contributed by atoms with van der Waals surface area (Å²) in [5.41, 5.74) is 0. The molecule has 0 unspecified atom stereocenters. The Balaban J connectivity index is -0.000000215. The number of rotatable bonds is 0. The molecule has 0 aromatic rings. The molecule has 0 aromatic heterocycles. The van der Waals surface area contributed by atoms with Gasteiger partial charge in [0.1, 0.15) is 0 Å². The predicted molar refractivity (Wildman–Crippen MR) is 206 cm³/mol. The molecule has 6 saturated heterocycles. The van der Waals surface area contributed by atoms with E-state index in [1.807, 2.05) is 0 Å². The molecule has 6 fully saturated rings. The van der Waals surface area contributed by atoms with Gasteiger partial charge in [-0.25, -0.2) is 0 Å². The van der Waals surface area contributed by atoms with Crippen molar-refractivity contribution < 1.29 is 0 Å². The Hall–Kier alpha value is -0.240. The van der Waals surface area contributed by atoms with E-state index in [1.54, 1.807) is 0 Å². The van der Waals surface area contributed by atoms with Gasteiger partial charge in [-0.2, -0.15) is 0 Å². The van der Waals surface area contributed by atoms with Crippen molar-refractivity contribution in [3.05, 3.63) is 0 Å². The molecular formula is C38H90N6. The first kappa shape index (κ1) is 50.6. The van der Waals surface area contributed by atoms with E-state index in [0.29, 0.717) is 0 Å². The van der Waals surface area contributed by atoms with Crippen LogP contribution < -0.4 is 0 Å². The van der Waals surface area contributed by atoms with Crippen LogP contribution in [0.2, 0.25) is 0 Å². The Morgan fingerprint density at radius 2 is 0.295 bits per heavy atom. The first-order chi connectivity index (χ1) is 19.4. The Morgan fingerprint density at radius 3 is 0.409 bits per heavy atom. The molecule has 6 heterocycles. The predicted octanol–water partition coefficient (Wildman–Crippen LogP) is 8.38. The summed E-state index contributed by atoms with van der Waals surface area (Å²) in [6.07, 6.45) is 22.8. The lowest BCUT2D eigenvalue weighted by molar-refractivity contribution is 0.229. The van der Waals surface area contributed by atoms with Gasteiger partial charge in [-0.15, -0.1) is 0 Å². The molecule has 272 valence electrons. The third kappa shape index (κ3) is 33.1. The van der Waals surface area contributed by atoms with Gasteiger partial charge < -0.3 is 29.4 Å². The lowest BCUT2D eigenvalue weighted by Gasteiger charge is -2.24. The molecule has 0 aliphatic carbocycles. The Bertz CT molecular complexity index is 459. The summed E-state index contributed by atoms with van der Waals surface area (Å²) < 4.78 is 0. The average molecular weight is 631 g/mol. The summed E-state index contributed by atoms with van der Waals surface area (Å²) in [6.45, 7) is 15.8. The minimum Gasteiger partial charge on any atom is -0.306 e. The molecule has 0 spiro atoms. The van der Waals surface area contributed by atoms with E-state index in [4.69, 9.17) is 0 Å². The van der Waals surface area contributed by atoms with Crippen LogP contribution in [0.15, 0.2) is 0 Å². The van der Waals surface area contributed by atoms with Gasteiger partial charge >= 0.3 is 0 Å². The maximum atomic E-state index is 2.42. The SMILES string of the molecule is C.C.C.C.CN1CCC1.CN1CCCC1.CN1CCCCC1.CN1CCCCC1.CN1CCCCC1.CN1CCCCCC1. The number of likely N-dealkylation sites (tertiary alicyclic amines) is 6. The van der Waals surface area contributed by atoms with Crippen molar-refractivity contribution in [3.63, 3.8) is 0 Å². The molecule has 0 radical (unpaired) electrons. The molecule has 6 nitrogen and oxygen atoms in total. The second kappa shape index (κ2) is 35.6. The average Bonchev–Trinajstić information content (AvgIpc) is 3.30. The lowest BCUT2D eigenvalue weighted by Crippen LogP contribution is -2.32. The van der Waals surface area contributed by atoms with Gasteiger partial charge in [0.25, 0.3) is 0 Å². The number of nitrogens with zero attached hydrogens (tertiary/aromatic N) is 6. The van der Waals surface area contributed by atoms with Gasteiger partial charge in [-0.3, -0.25) is 0 Å². The van der Waals surface area contributed by atoms with Crippen LogP contribution in [0.3, 0.4) is 0 Å². The molecule has 6 rings (SSSR count). The van der Waals surface area contributed by atoms with Crippen LogP contribution in [0.4, 0.5) is 0 Å². The molecule has 6 aliphatic rings. The molecule has 0 saturated carbocycles. The number of piperidine rings is 3. The molecule has 6 heteroatoms. The maximum Gasteiger partial charge on any atom is -0.000959 e. The van der Waals surface area contributed by atoms with Crippen molar-refractivity contribution in [1.82, 2.24) is 29.4 Å². The van der Waals surface area contributed by atoms with Gasteiger partial charge in [0.05, 0.1) is 0 Å². The van der Waals surface area contributed by atoms with Crippen LogP contribution in [0.5, 0.6) is 0 Å². The van der Waals surface area contributed by atoms with E-state index in [1.165, 1.54) is 181 Å². The van der Waals surface area contributed by atoms with Crippen LogP contribution in [0.1, 0.15) is 132 Å². The van der Waals surface area contributed by atoms with Gasteiger partial charge in [0.15, 0.2) is 0 Å². The molecule has 0 atom stereocenters. The van der Waals surface area contributed by atoms with Gasteiger partial charge in [-0.1, -0.05) is 61.8 Å². The fraction of sp³-hybridized carbons (Fsp3) is 1.00. The van der Waals surface area contributed by atoms with Gasteiger partial charge in [0.2, 0.25) is 0 Å². The zero-order chi connectivity index (χ0) is 29.3. The van der Waals surface area contributed by atoms with Crippen LogP contribution in [-0.4, -0.2) is 150 Å². The molecular weight excluding hydrogens is 540 g/mol. The number of hydrogen-bond acceptors (Lipinski definition) is 6. The normalized spacial score (nSPS) is 23.0. The molecule has 6 aliphatic heterocycles. The van der Waals surface area contributed by atoms with Crippen LogP contribution in [0, 0.1) is 0 Å². The van der Waals surface area contributed by atoms with E-state index < -0.39 is 0 Å². The third-order valence-electron chi connectivity index (χ3n) is 8.98. The quantitative estimate of drug-likeness (QED) is 0.266. The fourth-order valence-corrected chi connectivity index (χ4v) is 5.73. The first-order valence-corrected chi connectivity index (χ1v) is 17.5. The Morgan fingerprint density at radius 1 is 0.182 bits per heavy atom. The summed E-state index contributed by atoms with van der Waals surface area (Å²) >= 11 is 0. The van der Waals surface area contributed by atoms with Crippen molar-refractivity contribution >= 4 is 0 Å². The highest BCUT2D eigenvalue weighted by molar-refractivity contribution is 4.62. The third-order valence-corrected chi connectivity index (χ3v) is 8.98. The second-order valence-electron chi connectivity index (χ2n) is 13.5. The molecule has 0 bridgehead atoms. The van der Waals surface area contributed by atoms with Gasteiger partial charge in [-0.05, 0) is 191 Å². The molecule has 0 amide bonds. The van der Waals surface area contributed by atoms with Crippen LogP contribution in [-0.2, 0) is 0 Å². The second-order valence-corrected chi connectivity index (χ2v) is 13.5. The van der Waals surface area contributed by atoms with E-state index in [9.17, 15) is 0 Å². The standard InChI is InChI=1S/C7H15N.3C6H13N.C5H11N.C4H9N.4CH4/c1-8-6-4-2-3-5-7-8;3*1-7-5-3-2-4-6-7;1-6-4-2-3-5-6;1-5-3-2-4-5;;;;/h2-7H2,1H3;3*2-6H2,1H3;2-5H2,1H3;2-4H2,1H3;4*1H4. The van der Waals surface area contributed by atoms with E-state index in [-0.39, 0.29) is 29.7 Å². The minimum absolute atomic E-state index is 0. The van der Waals surface area contributed by atoms with Gasteiger partial charge in [0, 0.05) is 0 Å². The topological polar surface area (TPSA) is 19.4 Å². The van der Waals surface area contributed by atoms with Crippen molar-refractivity contribution in [2.24, 2.45) is 0 Å². The minimum atomic E-state index is 0. The Kier molecular flexibility index (Phi) is 41.0. The summed E-state index contributed by atoms with van der Waals surface area (Å²) in [7, 11) is 13.1. The highest BCUT2D eigenvalue weighted by Gasteiger charge is 2.06. The van der Waals surface area contributed by atoms with E-state index in [0.717, 1.165) is 0 Å². The summed E-state index contributed by atoms with van der Waals surface area (Å²) in [4.78, 5) is 14.3. The van der Waals surface area contributed by atoms with Crippen LogP contribution in [0.25, 0.3) is 0 Å². The highest BCUT2D eigenvalue weighted by Crippen LogP contribution is 2.07. The summed E-state index contributed by atoms with van der Waals surface area (Å²) in [5, 5.41) is 0. The highest BCUT2D eigenvalue weighted by atomic mass is 15.1. The van der Waals surface area contributed by atoms with Crippen molar-refractivity contribution in [1.29, 1.82) is 0 Å². The zero-order valence-corrected chi connectivity index (χ0v) is 28.5. The van der Waals surface area contributed by atoms with Crippen LogP contribution >= 0.6 is 0 Å². The summed E-state index contributed by atoms with van der Waals surface area (Å²) in [5.74, 6) is 0. The largest absolute Gasteiger partial charge is 0.306 e. The van der Waals surface area contributed by atoms with Crippen molar-refractivity contribution in [3.8, 4) is 0 Å².